The second-order valence-electron chi connectivity index (χ2n) is 10.8. The average Bonchev–Trinajstić information content (AvgIpc) is 3.40. The Bertz CT molecular complexity index is 1720. The third-order valence-corrected chi connectivity index (χ3v) is 9.29. The number of likely N-dealkylation sites (tertiary alicyclic amines) is 1. The molecular weight excluding hydrogens is 558 g/mol. The van der Waals surface area contributed by atoms with Crippen molar-refractivity contribution in [2.24, 2.45) is 5.92 Å². The van der Waals surface area contributed by atoms with E-state index >= 15 is 0 Å². The first-order chi connectivity index (χ1) is 21.0. The molecule has 0 bridgehead atoms. The highest BCUT2D eigenvalue weighted by Gasteiger charge is 2.29. The van der Waals surface area contributed by atoms with Crippen LogP contribution in [0.3, 0.4) is 0 Å². The van der Waals surface area contributed by atoms with Crippen molar-refractivity contribution >= 4 is 33.1 Å². The van der Waals surface area contributed by atoms with Crippen LogP contribution in [0.4, 0.5) is 5.69 Å². The van der Waals surface area contributed by atoms with Crippen LogP contribution >= 0.6 is 11.3 Å². The number of aromatic nitrogens is 1. The van der Waals surface area contributed by atoms with Crippen molar-refractivity contribution in [1.82, 2.24) is 9.88 Å². The number of nitrogens with zero attached hydrogens (tertiary/aromatic N) is 2. The van der Waals surface area contributed by atoms with Crippen LogP contribution < -0.4 is 19.9 Å². The van der Waals surface area contributed by atoms with Gasteiger partial charge in [0.2, 0.25) is 5.75 Å². The number of carbonyl (C=O) groups excluding carboxylic acids is 1. The third kappa shape index (κ3) is 5.62. The van der Waals surface area contributed by atoms with Crippen molar-refractivity contribution < 1.29 is 19.0 Å². The van der Waals surface area contributed by atoms with Gasteiger partial charge in [0.05, 0.1) is 32.7 Å². The summed E-state index contributed by atoms with van der Waals surface area (Å²) in [5, 5.41) is 0.751. The smallest absolute Gasteiger partial charge is 0.266 e. The quantitative estimate of drug-likeness (QED) is 0.203. The highest BCUT2D eigenvalue weighted by molar-refractivity contribution is 7.21. The van der Waals surface area contributed by atoms with Crippen LogP contribution in [-0.4, -0.2) is 50.2 Å². The third-order valence-electron chi connectivity index (χ3n) is 8.21. The Morgan fingerprint density at radius 1 is 0.884 bits per heavy atom. The zero-order chi connectivity index (χ0) is 29.9. The minimum Gasteiger partial charge on any atom is -0.493 e. The summed E-state index contributed by atoms with van der Waals surface area (Å²) in [5.41, 5.74) is 12.1. The Hall–Kier alpha value is -4.56. The van der Waals surface area contributed by atoms with Gasteiger partial charge >= 0.3 is 0 Å². The molecule has 6 rings (SSSR count). The minimum atomic E-state index is -0.0317. The number of thiophene rings is 1. The molecule has 3 heterocycles. The number of carbonyl (C=O) groups is 1. The van der Waals surface area contributed by atoms with Crippen molar-refractivity contribution in [3.8, 4) is 39.6 Å². The lowest BCUT2D eigenvalue weighted by Gasteiger charge is -2.32. The fourth-order valence-electron chi connectivity index (χ4n) is 5.93. The number of fused-ring (bicyclic) bond motifs is 1. The summed E-state index contributed by atoms with van der Waals surface area (Å²) < 4.78 is 16.9. The number of methoxy groups -OCH3 is 3. The molecule has 0 unspecified atom stereocenters. The molecule has 5 aromatic rings. The number of amides is 1. The van der Waals surface area contributed by atoms with Gasteiger partial charge in [-0.15, -0.1) is 11.3 Å². The van der Waals surface area contributed by atoms with Gasteiger partial charge in [-0.3, -0.25) is 4.79 Å². The molecule has 0 spiro atoms. The fraction of sp³-hybridized carbons (Fsp3) is 0.257. The Labute approximate surface area is 255 Å². The zero-order valence-corrected chi connectivity index (χ0v) is 25.4. The van der Waals surface area contributed by atoms with Gasteiger partial charge in [0.15, 0.2) is 11.5 Å². The first-order valence-electron chi connectivity index (χ1n) is 14.4. The SMILES string of the molecule is COc1cc(-c2cc(-c3ccccc3)nc3sc(C(=O)N4CCC(Cc5ccccc5)CC4)c(N)c23)cc(OC)c1OC. The first kappa shape index (κ1) is 28.6. The number of piperidine rings is 1. The maximum absolute atomic E-state index is 13.9. The average molecular weight is 594 g/mol. The molecule has 1 aliphatic heterocycles. The summed E-state index contributed by atoms with van der Waals surface area (Å²) in [5.74, 6) is 2.11. The van der Waals surface area contributed by atoms with Gasteiger partial charge in [0, 0.05) is 24.0 Å². The van der Waals surface area contributed by atoms with Crippen LogP contribution in [-0.2, 0) is 6.42 Å². The number of hydrogen-bond acceptors (Lipinski definition) is 7. The molecule has 1 aliphatic rings. The summed E-state index contributed by atoms with van der Waals surface area (Å²) in [7, 11) is 4.77. The van der Waals surface area contributed by atoms with Crippen LogP contribution in [0, 0.1) is 5.92 Å². The number of benzene rings is 3. The molecule has 8 heteroatoms. The highest BCUT2D eigenvalue weighted by atomic mass is 32.1. The zero-order valence-electron chi connectivity index (χ0n) is 24.6. The Balaban J connectivity index is 1.39. The van der Waals surface area contributed by atoms with Gasteiger partial charge in [-0.1, -0.05) is 60.7 Å². The normalized spacial score (nSPS) is 13.7. The van der Waals surface area contributed by atoms with Crippen molar-refractivity contribution in [2.75, 3.05) is 40.2 Å². The summed E-state index contributed by atoms with van der Waals surface area (Å²) in [4.78, 5) is 22.1. The van der Waals surface area contributed by atoms with Crippen LogP contribution in [0.1, 0.15) is 28.1 Å². The van der Waals surface area contributed by atoms with Crippen LogP contribution in [0.2, 0.25) is 0 Å². The van der Waals surface area contributed by atoms with Gasteiger partial charge in [0.1, 0.15) is 9.71 Å². The van der Waals surface area contributed by atoms with Gasteiger partial charge < -0.3 is 24.8 Å². The van der Waals surface area contributed by atoms with Crippen LogP contribution in [0.25, 0.3) is 32.6 Å². The number of ether oxygens (including phenoxy) is 3. The molecule has 1 saturated heterocycles. The van der Waals surface area contributed by atoms with E-state index in [1.54, 1.807) is 21.3 Å². The minimum absolute atomic E-state index is 0.0317. The summed E-state index contributed by atoms with van der Waals surface area (Å²) in [6.45, 7) is 1.43. The van der Waals surface area contributed by atoms with Crippen molar-refractivity contribution in [1.29, 1.82) is 0 Å². The van der Waals surface area contributed by atoms with E-state index in [0.29, 0.717) is 51.7 Å². The lowest BCUT2D eigenvalue weighted by molar-refractivity contribution is 0.0696. The van der Waals surface area contributed by atoms with E-state index in [1.165, 1.54) is 16.9 Å². The largest absolute Gasteiger partial charge is 0.493 e. The molecule has 1 amide bonds. The molecule has 7 nitrogen and oxygen atoms in total. The number of nitrogens with two attached hydrogens (primary N) is 1. The predicted molar refractivity (Wildman–Crippen MR) is 173 cm³/mol. The number of anilines is 1. The predicted octanol–water partition coefficient (Wildman–Crippen LogP) is 7.33. The monoisotopic (exact) mass is 593 g/mol. The lowest BCUT2D eigenvalue weighted by Crippen LogP contribution is -2.38. The molecule has 2 N–H and O–H groups in total. The number of nitrogen functional groups attached to an aromatic ring is 1. The van der Waals surface area contributed by atoms with Gasteiger partial charge in [-0.25, -0.2) is 4.98 Å². The van der Waals surface area contributed by atoms with E-state index in [4.69, 9.17) is 24.9 Å². The highest BCUT2D eigenvalue weighted by Crippen LogP contribution is 2.46. The van der Waals surface area contributed by atoms with Crippen molar-refractivity contribution in [2.45, 2.75) is 19.3 Å². The summed E-state index contributed by atoms with van der Waals surface area (Å²) >= 11 is 1.36. The molecule has 0 aliphatic carbocycles. The molecular formula is C35H35N3O4S. The Morgan fingerprint density at radius 3 is 2.12 bits per heavy atom. The molecule has 0 radical (unpaired) electrons. The summed E-state index contributed by atoms with van der Waals surface area (Å²) in [6, 6.07) is 26.4. The van der Waals surface area contributed by atoms with Crippen LogP contribution in [0.15, 0.2) is 78.9 Å². The maximum atomic E-state index is 13.9. The van der Waals surface area contributed by atoms with Gasteiger partial charge in [0.25, 0.3) is 5.91 Å². The van der Waals surface area contributed by atoms with E-state index < -0.39 is 0 Å². The Morgan fingerprint density at radius 2 is 1.51 bits per heavy atom. The molecule has 2 aromatic heterocycles. The second kappa shape index (κ2) is 12.4. The summed E-state index contributed by atoms with van der Waals surface area (Å²) in [6.07, 6.45) is 2.98. The van der Waals surface area contributed by atoms with Crippen molar-refractivity contribution in [3.05, 3.63) is 89.3 Å². The van der Waals surface area contributed by atoms with E-state index in [-0.39, 0.29) is 5.91 Å². The van der Waals surface area contributed by atoms with E-state index in [9.17, 15) is 4.79 Å². The van der Waals surface area contributed by atoms with E-state index in [1.807, 2.05) is 59.5 Å². The Kier molecular flexibility index (Phi) is 8.20. The fourth-order valence-corrected chi connectivity index (χ4v) is 7.02. The topological polar surface area (TPSA) is 86.9 Å². The molecule has 220 valence electrons. The first-order valence-corrected chi connectivity index (χ1v) is 15.2. The van der Waals surface area contributed by atoms with E-state index in [0.717, 1.165) is 47.0 Å². The number of pyridine rings is 1. The molecule has 0 atom stereocenters. The van der Waals surface area contributed by atoms with Crippen molar-refractivity contribution in [3.63, 3.8) is 0 Å². The van der Waals surface area contributed by atoms with Gasteiger partial charge in [-0.2, -0.15) is 0 Å². The molecule has 43 heavy (non-hydrogen) atoms. The number of hydrogen-bond donors (Lipinski definition) is 1. The number of rotatable bonds is 8. The molecule has 0 saturated carbocycles. The molecule has 1 fully saturated rings. The lowest BCUT2D eigenvalue weighted by atomic mass is 9.90. The second-order valence-corrected chi connectivity index (χ2v) is 11.8. The van der Waals surface area contributed by atoms with Gasteiger partial charge in [-0.05, 0) is 60.1 Å². The standard InChI is InChI=1S/C35H35N3O4S/c1-40-28-19-25(20-29(41-2)32(28)42-3)26-21-27(24-12-8-5-9-13-24)37-34-30(26)31(36)33(43-34)35(39)38-16-14-23(15-17-38)18-22-10-6-4-7-11-22/h4-13,19-21,23H,14-18,36H2,1-3H3. The maximum Gasteiger partial charge on any atom is 0.266 e. The molecule has 3 aromatic carbocycles. The van der Waals surface area contributed by atoms with E-state index in [2.05, 4.69) is 24.3 Å². The van der Waals surface area contributed by atoms with Crippen LogP contribution in [0.5, 0.6) is 17.2 Å².